The van der Waals surface area contributed by atoms with Crippen molar-refractivity contribution in [3.63, 3.8) is 0 Å². The molecule has 7 heteroatoms. The van der Waals surface area contributed by atoms with E-state index in [1.165, 1.54) is 0 Å². The first kappa shape index (κ1) is 16.9. The highest BCUT2D eigenvalue weighted by molar-refractivity contribution is 5.97. The van der Waals surface area contributed by atoms with Gasteiger partial charge in [0.1, 0.15) is 18.0 Å². The minimum Gasteiger partial charge on any atom is -0.478 e. The van der Waals surface area contributed by atoms with Crippen molar-refractivity contribution in [2.75, 3.05) is 18.9 Å². The van der Waals surface area contributed by atoms with Crippen LogP contribution in [0, 0.1) is 0 Å². The molecular weight excluding hydrogens is 322 g/mol. The Morgan fingerprint density at radius 1 is 1.32 bits per heavy atom. The minimum atomic E-state index is -1.14. The van der Waals surface area contributed by atoms with Crippen LogP contribution in [0.2, 0.25) is 0 Å². The first-order chi connectivity index (χ1) is 12.0. The number of aromatic carboxylic acids is 1. The molecule has 3 rings (SSSR count). The molecular formula is C18H19N3O4. The quantitative estimate of drug-likeness (QED) is 0.888. The highest BCUT2D eigenvalue weighted by atomic mass is 16.5. The van der Waals surface area contributed by atoms with Gasteiger partial charge in [-0.1, -0.05) is 30.3 Å². The summed E-state index contributed by atoms with van der Waals surface area (Å²) in [5, 5.41) is 11.9. The number of rotatable bonds is 4. The fourth-order valence-corrected chi connectivity index (χ4v) is 2.73. The van der Waals surface area contributed by atoms with Crippen LogP contribution >= 0.6 is 0 Å². The van der Waals surface area contributed by atoms with Gasteiger partial charge in [0.25, 0.3) is 0 Å². The van der Waals surface area contributed by atoms with Crippen molar-refractivity contribution >= 4 is 17.9 Å². The average Bonchev–Trinajstić information content (AvgIpc) is 2.60. The number of amides is 1. The fourth-order valence-electron chi connectivity index (χ4n) is 2.73. The zero-order valence-electron chi connectivity index (χ0n) is 13.9. The van der Waals surface area contributed by atoms with E-state index in [1.54, 1.807) is 6.07 Å². The van der Waals surface area contributed by atoms with Crippen LogP contribution in [0.1, 0.15) is 27.2 Å². The molecule has 1 aliphatic heterocycles. The lowest BCUT2D eigenvalue weighted by Crippen LogP contribution is -2.28. The molecule has 130 valence electrons. The predicted octanol–water partition coefficient (Wildman–Crippen LogP) is 2.52. The summed E-state index contributed by atoms with van der Waals surface area (Å²) in [6, 6.07) is 10.8. The zero-order valence-corrected chi connectivity index (χ0v) is 13.9. The average molecular weight is 341 g/mol. The highest BCUT2D eigenvalue weighted by Gasteiger charge is 2.22. The number of carboxylic acids is 1. The van der Waals surface area contributed by atoms with Crippen LogP contribution in [0.4, 0.5) is 10.6 Å². The number of likely N-dealkylation sites (N-methyl/N-ethyl adjacent to an activating group) is 1. The Labute approximate surface area is 145 Å². The number of nitrogens with zero attached hydrogens (tertiary/aromatic N) is 2. The molecule has 0 atom stereocenters. The number of ether oxygens (including phenoxy) is 1. The standard InChI is InChI=1S/C18H19N3O4/c1-21-8-7-15-13(10-21)9-14(17(22)23)16(19-15)20-18(24)25-11-12-5-3-2-4-6-12/h2-6,9H,7-8,10-11H2,1H3,(H,22,23)(H,19,20,24). The van der Waals surface area contributed by atoms with Crippen LogP contribution in [0.25, 0.3) is 0 Å². The molecule has 0 aliphatic carbocycles. The van der Waals surface area contributed by atoms with Crippen molar-refractivity contribution in [2.24, 2.45) is 0 Å². The number of hydrogen-bond acceptors (Lipinski definition) is 5. The molecule has 1 aliphatic rings. The second kappa shape index (κ2) is 7.31. The number of pyridine rings is 1. The minimum absolute atomic E-state index is 0.0221. The summed E-state index contributed by atoms with van der Waals surface area (Å²) in [5.74, 6) is -1.12. The SMILES string of the molecule is CN1CCc2nc(NC(=O)OCc3ccccc3)c(C(=O)O)cc2C1. The summed E-state index contributed by atoms with van der Waals surface area (Å²) in [6.07, 6.45) is -0.0221. The molecule has 0 fully saturated rings. The van der Waals surface area contributed by atoms with Gasteiger partial charge in [0.05, 0.1) is 0 Å². The number of fused-ring (bicyclic) bond motifs is 1. The lowest BCUT2D eigenvalue weighted by Gasteiger charge is -2.25. The molecule has 7 nitrogen and oxygen atoms in total. The van der Waals surface area contributed by atoms with Gasteiger partial charge in [-0.05, 0) is 24.2 Å². The topological polar surface area (TPSA) is 91.8 Å². The van der Waals surface area contributed by atoms with Gasteiger partial charge in [-0.15, -0.1) is 0 Å². The highest BCUT2D eigenvalue weighted by Crippen LogP contribution is 2.23. The number of hydrogen-bond donors (Lipinski definition) is 2. The summed E-state index contributed by atoms with van der Waals surface area (Å²) in [5.41, 5.74) is 2.49. The van der Waals surface area contributed by atoms with Gasteiger partial charge in [-0.25, -0.2) is 14.6 Å². The normalized spacial score (nSPS) is 13.8. The van der Waals surface area contributed by atoms with E-state index in [9.17, 15) is 14.7 Å². The van der Waals surface area contributed by atoms with Crippen molar-refractivity contribution in [1.82, 2.24) is 9.88 Å². The Hall–Kier alpha value is -2.93. The molecule has 1 aromatic carbocycles. The molecule has 0 unspecified atom stereocenters. The first-order valence-corrected chi connectivity index (χ1v) is 7.95. The van der Waals surface area contributed by atoms with E-state index in [-0.39, 0.29) is 18.0 Å². The van der Waals surface area contributed by atoms with Crippen molar-refractivity contribution in [1.29, 1.82) is 0 Å². The van der Waals surface area contributed by atoms with Gasteiger partial charge in [0.15, 0.2) is 0 Å². The molecule has 0 bridgehead atoms. The van der Waals surface area contributed by atoms with Crippen LogP contribution in [0.5, 0.6) is 0 Å². The Morgan fingerprint density at radius 2 is 2.08 bits per heavy atom. The van der Waals surface area contributed by atoms with E-state index < -0.39 is 12.1 Å². The molecule has 1 amide bonds. The van der Waals surface area contributed by atoms with Crippen molar-refractivity contribution in [3.8, 4) is 0 Å². The van der Waals surface area contributed by atoms with E-state index in [0.717, 1.165) is 23.4 Å². The largest absolute Gasteiger partial charge is 0.478 e. The monoisotopic (exact) mass is 341 g/mol. The molecule has 2 heterocycles. The number of carbonyl (C=O) groups excluding carboxylic acids is 1. The van der Waals surface area contributed by atoms with E-state index >= 15 is 0 Å². The molecule has 0 saturated carbocycles. The predicted molar refractivity (Wildman–Crippen MR) is 91.5 cm³/mol. The van der Waals surface area contributed by atoms with Gasteiger partial charge >= 0.3 is 12.1 Å². The summed E-state index contributed by atoms with van der Waals surface area (Å²) >= 11 is 0. The lowest BCUT2D eigenvalue weighted by molar-refractivity contribution is 0.0697. The van der Waals surface area contributed by atoms with E-state index in [4.69, 9.17) is 4.74 Å². The van der Waals surface area contributed by atoms with Gasteiger partial charge in [-0.2, -0.15) is 0 Å². The maximum absolute atomic E-state index is 12.0. The second-order valence-electron chi connectivity index (χ2n) is 5.97. The van der Waals surface area contributed by atoms with Gasteiger partial charge in [-0.3, -0.25) is 5.32 Å². The van der Waals surface area contributed by atoms with Crippen LogP contribution in [-0.2, 0) is 24.3 Å². The van der Waals surface area contributed by atoms with Crippen LogP contribution < -0.4 is 5.32 Å². The van der Waals surface area contributed by atoms with Crippen LogP contribution in [-0.4, -0.2) is 40.6 Å². The Balaban J connectivity index is 1.74. The maximum atomic E-state index is 12.0. The third-order valence-electron chi connectivity index (χ3n) is 4.03. The first-order valence-electron chi connectivity index (χ1n) is 7.95. The Kier molecular flexibility index (Phi) is 4.95. The van der Waals surface area contributed by atoms with E-state index in [1.807, 2.05) is 37.4 Å². The number of carbonyl (C=O) groups is 2. The third kappa shape index (κ3) is 4.13. The molecule has 2 aromatic rings. The van der Waals surface area contributed by atoms with Gasteiger partial charge in [0, 0.05) is 25.2 Å². The maximum Gasteiger partial charge on any atom is 0.413 e. The number of carboxylic acid groups (broad SMARTS) is 1. The van der Waals surface area contributed by atoms with E-state index in [0.29, 0.717) is 13.0 Å². The molecule has 0 radical (unpaired) electrons. The summed E-state index contributed by atoms with van der Waals surface area (Å²) in [6.45, 7) is 1.58. The van der Waals surface area contributed by atoms with E-state index in [2.05, 4.69) is 15.2 Å². The molecule has 25 heavy (non-hydrogen) atoms. The molecule has 0 saturated heterocycles. The lowest BCUT2D eigenvalue weighted by atomic mass is 10.0. The van der Waals surface area contributed by atoms with Crippen LogP contribution in [0.3, 0.4) is 0 Å². The Bertz CT molecular complexity index is 792. The number of nitrogens with one attached hydrogen (secondary N) is 1. The van der Waals surface area contributed by atoms with Gasteiger partial charge in [0.2, 0.25) is 0 Å². The number of benzene rings is 1. The van der Waals surface area contributed by atoms with Gasteiger partial charge < -0.3 is 14.7 Å². The van der Waals surface area contributed by atoms with Crippen molar-refractivity contribution in [2.45, 2.75) is 19.6 Å². The number of aromatic nitrogens is 1. The Morgan fingerprint density at radius 3 is 2.80 bits per heavy atom. The van der Waals surface area contributed by atoms with Crippen molar-refractivity contribution < 1.29 is 19.4 Å². The molecule has 1 aromatic heterocycles. The summed E-state index contributed by atoms with van der Waals surface area (Å²) < 4.78 is 5.14. The third-order valence-corrected chi connectivity index (χ3v) is 4.03. The summed E-state index contributed by atoms with van der Waals surface area (Å²) in [4.78, 5) is 29.9. The smallest absolute Gasteiger partial charge is 0.413 e. The fraction of sp³-hybridized carbons (Fsp3) is 0.278. The summed E-state index contributed by atoms with van der Waals surface area (Å²) in [7, 11) is 1.97. The van der Waals surface area contributed by atoms with Crippen LogP contribution in [0.15, 0.2) is 36.4 Å². The second-order valence-corrected chi connectivity index (χ2v) is 5.97. The molecule has 0 spiro atoms. The molecule has 2 N–H and O–H groups in total. The number of anilines is 1. The van der Waals surface area contributed by atoms with Crippen molar-refractivity contribution in [3.05, 3.63) is 58.8 Å². The zero-order chi connectivity index (χ0) is 17.8.